The van der Waals surface area contributed by atoms with Gasteiger partial charge in [0.05, 0.1) is 11.8 Å². The maximum atomic E-state index is 12.5. The molecule has 6 nitrogen and oxygen atoms in total. The summed E-state index contributed by atoms with van der Waals surface area (Å²) in [5.74, 6) is -0.412. The van der Waals surface area contributed by atoms with Crippen LogP contribution in [0.15, 0.2) is 23.0 Å². The Kier molecular flexibility index (Phi) is 5.38. The average molecular weight is 294 g/mol. The molecule has 0 spiro atoms. The molecule has 21 heavy (non-hydrogen) atoms. The van der Waals surface area contributed by atoms with Crippen LogP contribution in [0.2, 0.25) is 0 Å². The Morgan fingerprint density at radius 3 is 3.00 bits per heavy atom. The normalized spacial score (nSPS) is 20.1. The number of nitrogens with one attached hydrogen (secondary N) is 1. The van der Waals surface area contributed by atoms with Crippen molar-refractivity contribution in [3.05, 3.63) is 24.2 Å². The Balaban J connectivity index is 1.95. The third-order valence-electron chi connectivity index (χ3n) is 3.87. The molecule has 2 heterocycles. The van der Waals surface area contributed by atoms with Crippen molar-refractivity contribution in [2.45, 2.75) is 44.7 Å². The van der Waals surface area contributed by atoms with Gasteiger partial charge in [-0.2, -0.15) is 0 Å². The SMILES string of the molecule is CC(NC(=O)c1ccoc1)C(=O)N1CCCCC1CCO. The highest BCUT2D eigenvalue weighted by Crippen LogP contribution is 2.20. The molecule has 1 saturated heterocycles. The Morgan fingerprint density at radius 1 is 1.52 bits per heavy atom. The first-order chi connectivity index (χ1) is 10.1. The zero-order valence-electron chi connectivity index (χ0n) is 12.2. The van der Waals surface area contributed by atoms with E-state index in [-0.39, 0.29) is 24.5 Å². The van der Waals surface area contributed by atoms with Crippen molar-refractivity contribution in [2.75, 3.05) is 13.2 Å². The molecule has 6 heteroatoms. The van der Waals surface area contributed by atoms with Gasteiger partial charge in [0.1, 0.15) is 12.3 Å². The largest absolute Gasteiger partial charge is 0.472 e. The lowest BCUT2D eigenvalue weighted by molar-refractivity contribution is -0.136. The minimum absolute atomic E-state index is 0.0736. The van der Waals surface area contributed by atoms with Gasteiger partial charge in [-0.25, -0.2) is 0 Å². The highest BCUT2D eigenvalue weighted by atomic mass is 16.3. The third kappa shape index (κ3) is 3.85. The van der Waals surface area contributed by atoms with Crippen LogP contribution in [0.4, 0.5) is 0 Å². The smallest absolute Gasteiger partial charge is 0.255 e. The number of amides is 2. The minimum Gasteiger partial charge on any atom is -0.472 e. The van der Waals surface area contributed by atoms with Gasteiger partial charge in [0.25, 0.3) is 5.91 Å². The standard InChI is InChI=1S/C15H22N2O4/c1-11(16-14(19)12-6-9-21-10-12)15(20)17-7-3-2-4-13(17)5-8-18/h6,9-11,13,18H,2-5,7-8H2,1H3,(H,16,19). The topological polar surface area (TPSA) is 82.8 Å². The lowest BCUT2D eigenvalue weighted by Crippen LogP contribution is -2.52. The Hall–Kier alpha value is -1.82. The van der Waals surface area contributed by atoms with Crippen LogP contribution in [0.1, 0.15) is 43.0 Å². The van der Waals surface area contributed by atoms with E-state index in [4.69, 9.17) is 9.52 Å². The first-order valence-electron chi connectivity index (χ1n) is 7.38. The summed E-state index contributed by atoms with van der Waals surface area (Å²) in [6.07, 6.45) is 6.31. The quantitative estimate of drug-likeness (QED) is 0.853. The molecule has 0 aliphatic carbocycles. The summed E-state index contributed by atoms with van der Waals surface area (Å²) in [7, 11) is 0. The number of carbonyl (C=O) groups excluding carboxylic acids is 2. The van der Waals surface area contributed by atoms with Crippen LogP contribution in [0.25, 0.3) is 0 Å². The maximum absolute atomic E-state index is 12.5. The van der Waals surface area contributed by atoms with Gasteiger partial charge in [0.15, 0.2) is 0 Å². The lowest BCUT2D eigenvalue weighted by Gasteiger charge is -2.37. The van der Waals surface area contributed by atoms with Gasteiger partial charge >= 0.3 is 0 Å². The van der Waals surface area contributed by atoms with Gasteiger partial charge in [-0.1, -0.05) is 0 Å². The van der Waals surface area contributed by atoms with Crippen LogP contribution >= 0.6 is 0 Å². The monoisotopic (exact) mass is 294 g/mol. The van der Waals surface area contributed by atoms with E-state index in [1.807, 2.05) is 0 Å². The van der Waals surface area contributed by atoms with Crippen molar-refractivity contribution >= 4 is 11.8 Å². The van der Waals surface area contributed by atoms with Gasteiger partial charge in [-0.05, 0) is 38.7 Å². The summed E-state index contributed by atoms with van der Waals surface area (Å²) in [5.41, 5.74) is 0.403. The number of likely N-dealkylation sites (tertiary alicyclic amines) is 1. The second-order valence-electron chi connectivity index (χ2n) is 5.40. The molecule has 0 radical (unpaired) electrons. The van der Waals surface area contributed by atoms with E-state index in [0.29, 0.717) is 18.5 Å². The van der Waals surface area contributed by atoms with E-state index < -0.39 is 6.04 Å². The first-order valence-corrected chi connectivity index (χ1v) is 7.38. The second-order valence-corrected chi connectivity index (χ2v) is 5.40. The van der Waals surface area contributed by atoms with Gasteiger partial charge in [0, 0.05) is 19.2 Å². The number of nitrogens with zero attached hydrogens (tertiary/aromatic N) is 1. The third-order valence-corrected chi connectivity index (χ3v) is 3.87. The minimum atomic E-state index is -0.591. The summed E-state index contributed by atoms with van der Waals surface area (Å²) >= 11 is 0. The molecular formula is C15H22N2O4. The number of carbonyl (C=O) groups is 2. The molecule has 116 valence electrons. The summed E-state index contributed by atoms with van der Waals surface area (Å²) < 4.78 is 4.86. The van der Waals surface area contributed by atoms with E-state index in [0.717, 1.165) is 19.3 Å². The number of hydrogen-bond acceptors (Lipinski definition) is 4. The zero-order valence-corrected chi connectivity index (χ0v) is 12.2. The van der Waals surface area contributed by atoms with E-state index in [9.17, 15) is 9.59 Å². The van der Waals surface area contributed by atoms with Crippen molar-refractivity contribution in [1.29, 1.82) is 0 Å². The van der Waals surface area contributed by atoms with Crippen molar-refractivity contribution in [3.8, 4) is 0 Å². The lowest BCUT2D eigenvalue weighted by atomic mass is 9.98. The van der Waals surface area contributed by atoms with Crippen LogP contribution in [-0.2, 0) is 4.79 Å². The Bertz CT molecular complexity index is 470. The van der Waals surface area contributed by atoms with Crippen LogP contribution in [0.3, 0.4) is 0 Å². The molecule has 1 fully saturated rings. The van der Waals surface area contributed by atoms with E-state index in [2.05, 4.69) is 5.32 Å². The number of piperidine rings is 1. The van der Waals surface area contributed by atoms with Crippen molar-refractivity contribution in [1.82, 2.24) is 10.2 Å². The van der Waals surface area contributed by atoms with Crippen LogP contribution in [0.5, 0.6) is 0 Å². The van der Waals surface area contributed by atoms with Crippen molar-refractivity contribution < 1.29 is 19.1 Å². The van der Waals surface area contributed by atoms with Gasteiger partial charge in [-0.15, -0.1) is 0 Å². The predicted octanol–water partition coefficient (Wildman–Crippen LogP) is 1.16. The van der Waals surface area contributed by atoms with Crippen molar-refractivity contribution in [3.63, 3.8) is 0 Å². The summed E-state index contributed by atoms with van der Waals surface area (Å²) in [4.78, 5) is 26.2. The summed E-state index contributed by atoms with van der Waals surface area (Å²) in [6, 6.07) is 1.04. The number of hydrogen-bond donors (Lipinski definition) is 2. The molecule has 1 aromatic heterocycles. The van der Waals surface area contributed by atoms with Gasteiger partial charge in [-0.3, -0.25) is 9.59 Å². The first kappa shape index (κ1) is 15.6. The molecule has 0 bridgehead atoms. The summed E-state index contributed by atoms with van der Waals surface area (Å²) in [6.45, 7) is 2.45. The molecule has 2 rings (SSSR count). The molecular weight excluding hydrogens is 272 g/mol. The fourth-order valence-corrected chi connectivity index (χ4v) is 2.72. The highest BCUT2D eigenvalue weighted by Gasteiger charge is 2.30. The maximum Gasteiger partial charge on any atom is 0.255 e. The van der Waals surface area contributed by atoms with Crippen LogP contribution < -0.4 is 5.32 Å². The molecule has 1 aliphatic rings. The number of rotatable bonds is 5. The molecule has 1 aromatic rings. The molecule has 2 unspecified atom stereocenters. The second kappa shape index (κ2) is 7.26. The number of aliphatic hydroxyl groups is 1. The van der Waals surface area contributed by atoms with Gasteiger partial charge in [0.2, 0.25) is 5.91 Å². The molecule has 2 N–H and O–H groups in total. The number of furan rings is 1. The predicted molar refractivity (Wildman–Crippen MR) is 76.7 cm³/mol. The van der Waals surface area contributed by atoms with Crippen molar-refractivity contribution in [2.24, 2.45) is 0 Å². The van der Waals surface area contributed by atoms with Crippen LogP contribution in [-0.4, -0.2) is 47.1 Å². The molecule has 1 aliphatic heterocycles. The Morgan fingerprint density at radius 2 is 2.33 bits per heavy atom. The van der Waals surface area contributed by atoms with E-state index in [1.165, 1.54) is 12.5 Å². The van der Waals surface area contributed by atoms with Crippen LogP contribution in [0, 0.1) is 0 Å². The van der Waals surface area contributed by atoms with Gasteiger partial charge < -0.3 is 19.7 Å². The molecule has 0 aromatic carbocycles. The fourth-order valence-electron chi connectivity index (χ4n) is 2.72. The molecule has 2 amide bonds. The Labute approximate surface area is 124 Å². The van der Waals surface area contributed by atoms with E-state index >= 15 is 0 Å². The fraction of sp³-hybridized carbons (Fsp3) is 0.600. The van der Waals surface area contributed by atoms with E-state index in [1.54, 1.807) is 17.9 Å². The number of aliphatic hydroxyl groups excluding tert-OH is 1. The zero-order chi connectivity index (χ0) is 15.2. The average Bonchev–Trinajstić information content (AvgIpc) is 3.01. The summed E-state index contributed by atoms with van der Waals surface area (Å²) in [5, 5.41) is 11.8. The molecule has 2 atom stereocenters. The molecule has 0 saturated carbocycles. The highest BCUT2D eigenvalue weighted by molar-refractivity contribution is 5.97.